The molecule has 0 aliphatic carbocycles. The Kier molecular flexibility index (Phi) is 5.42. The number of nitrogens with two attached hydrogens (primary N) is 1. The van der Waals surface area contributed by atoms with Crippen LogP contribution in [0.2, 0.25) is 0 Å². The Bertz CT molecular complexity index is 638. The Labute approximate surface area is 150 Å². The zero-order valence-electron chi connectivity index (χ0n) is 15.3. The normalized spacial score (nSPS) is 23.2. The van der Waals surface area contributed by atoms with Gasteiger partial charge in [-0.25, -0.2) is 0 Å². The van der Waals surface area contributed by atoms with E-state index in [4.69, 9.17) is 5.73 Å². The number of hydrogen-bond donors (Lipinski definition) is 1. The molecule has 1 aromatic carbocycles. The SMILES string of the molecule is CCC(C)c1ccccc1N1CC(C(=O)N2CCC(N)CC2)CC1=O. The van der Waals surface area contributed by atoms with Crippen LogP contribution in [-0.2, 0) is 9.59 Å². The van der Waals surface area contributed by atoms with E-state index in [1.807, 2.05) is 28.0 Å². The number of carbonyl (C=O) groups excluding carboxylic acids is 2. The van der Waals surface area contributed by atoms with Crippen molar-refractivity contribution in [2.75, 3.05) is 24.5 Å². The molecular weight excluding hydrogens is 314 g/mol. The van der Waals surface area contributed by atoms with Gasteiger partial charge < -0.3 is 15.5 Å². The van der Waals surface area contributed by atoms with Crippen molar-refractivity contribution in [2.45, 2.75) is 51.5 Å². The maximum absolute atomic E-state index is 12.8. The number of likely N-dealkylation sites (tertiary alicyclic amines) is 1. The van der Waals surface area contributed by atoms with Crippen LogP contribution in [0.1, 0.15) is 51.0 Å². The first-order valence-corrected chi connectivity index (χ1v) is 9.45. The molecule has 136 valence electrons. The number of rotatable bonds is 4. The monoisotopic (exact) mass is 343 g/mol. The summed E-state index contributed by atoms with van der Waals surface area (Å²) in [5.41, 5.74) is 8.09. The molecule has 2 saturated heterocycles. The Morgan fingerprint density at radius 1 is 1.28 bits per heavy atom. The minimum atomic E-state index is -0.230. The van der Waals surface area contributed by atoms with Gasteiger partial charge in [0.25, 0.3) is 0 Å². The zero-order valence-corrected chi connectivity index (χ0v) is 15.3. The van der Waals surface area contributed by atoms with Crippen LogP contribution in [-0.4, -0.2) is 42.4 Å². The van der Waals surface area contributed by atoms with Gasteiger partial charge in [-0.05, 0) is 36.8 Å². The fraction of sp³-hybridized carbons (Fsp3) is 0.600. The lowest BCUT2D eigenvalue weighted by Gasteiger charge is -2.32. The maximum Gasteiger partial charge on any atom is 0.228 e. The second-order valence-electron chi connectivity index (χ2n) is 7.44. The van der Waals surface area contributed by atoms with Gasteiger partial charge in [-0.1, -0.05) is 32.0 Å². The molecule has 2 unspecified atom stereocenters. The molecule has 5 nitrogen and oxygen atoms in total. The Balaban J connectivity index is 1.74. The van der Waals surface area contributed by atoms with E-state index in [0.29, 0.717) is 32.0 Å². The zero-order chi connectivity index (χ0) is 18.0. The summed E-state index contributed by atoms with van der Waals surface area (Å²) in [6, 6.07) is 8.29. The topological polar surface area (TPSA) is 66.6 Å². The van der Waals surface area contributed by atoms with E-state index in [9.17, 15) is 9.59 Å². The van der Waals surface area contributed by atoms with Crippen molar-refractivity contribution in [3.05, 3.63) is 29.8 Å². The second kappa shape index (κ2) is 7.56. The molecule has 3 rings (SSSR count). The highest BCUT2D eigenvalue weighted by molar-refractivity contribution is 6.00. The van der Waals surface area contributed by atoms with E-state index >= 15 is 0 Å². The van der Waals surface area contributed by atoms with E-state index in [2.05, 4.69) is 19.9 Å². The quantitative estimate of drug-likeness (QED) is 0.913. The first-order valence-electron chi connectivity index (χ1n) is 9.45. The van der Waals surface area contributed by atoms with Crippen LogP contribution in [0.5, 0.6) is 0 Å². The highest BCUT2D eigenvalue weighted by Gasteiger charge is 2.38. The summed E-state index contributed by atoms with van der Waals surface area (Å²) in [7, 11) is 0. The largest absolute Gasteiger partial charge is 0.342 e. The third-order valence-electron chi connectivity index (χ3n) is 5.70. The van der Waals surface area contributed by atoms with Crippen LogP contribution in [0, 0.1) is 5.92 Å². The van der Waals surface area contributed by atoms with Gasteiger partial charge in [0.1, 0.15) is 0 Å². The van der Waals surface area contributed by atoms with Crippen molar-refractivity contribution in [2.24, 2.45) is 11.7 Å². The number of nitrogens with zero attached hydrogens (tertiary/aromatic N) is 2. The van der Waals surface area contributed by atoms with Gasteiger partial charge in [0, 0.05) is 37.8 Å². The van der Waals surface area contributed by atoms with E-state index in [-0.39, 0.29) is 23.8 Å². The Hall–Kier alpha value is -1.88. The van der Waals surface area contributed by atoms with E-state index in [0.717, 1.165) is 24.9 Å². The van der Waals surface area contributed by atoms with Gasteiger partial charge in [-0.3, -0.25) is 9.59 Å². The molecule has 0 aromatic heterocycles. The number of piperidine rings is 1. The fourth-order valence-electron chi connectivity index (χ4n) is 3.85. The summed E-state index contributed by atoms with van der Waals surface area (Å²) in [6.45, 7) is 6.26. The minimum absolute atomic E-state index is 0.0582. The van der Waals surface area contributed by atoms with E-state index < -0.39 is 0 Å². The smallest absolute Gasteiger partial charge is 0.228 e. The third kappa shape index (κ3) is 3.71. The lowest BCUT2D eigenvalue weighted by Crippen LogP contribution is -2.45. The highest BCUT2D eigenvalue weighted by atomic mass is 16.2. The lowest BCUT2D eigenvalue weighted by molar-refractivity contribution is -0.136. The summed E-state index contributed by atoms with van der Waals surface area (Å²) in [6.07, 6.45) is 3.05. The molecule has 2 atom stereocenters. The molecule has 2 N–H and O–H groups in total. The summed E-state index contributed by atoms with van der Waals surface area (Å²) in [4.78, 5) is 29.1. The summed E-state index contributed by atoms with van der Waals surface area (Å²) >= 11 is 0. The first-order chi connectivity index (χ1) is 12.0. The lowest BCUT2D eigenvalue weighted by atomic mass is 9.96. The molecule has 2 aliphatic heterocycles. The van der Waals surface area contributed by atoms with Crippen molar-refractivity contribution >= 4 is 17.5 Å². The second-order valence-corrected chi connectivity index (χ2v) is 7.44. The van der Waals surface area contributed by atoms with Crippen LogP contribution >= 0.6 is 0 Å². The standard InChI is InChI=1S/C20H29N3O2/c1-3-14(2)17-6-4-5-7-18(17)23-13-15(12-19(23)24)20(25)22-10-8-16(21)9-11-22/h4-7,14-16H,3,8-13,21H2,1-2H3. The minimum Gasteiger partial charge on any atom is -0.342 e. The van der Waals surface area contributed by atoms with Crippen molar-refractivity contribution in [3.8, 4) is 0 Å². The molecule has 25 heavy (non-hydrogen) atoms. The fourth-order valence-corrected chi connectivity index (χ4v) is 3.85. The molecule has 2 heterocycles. The number of benzene rings is 1. The molecular formula is C20H29N3O2. The predicted octanol–water partition coefficient (Wildman–Crippen LogP) is 2.50. The first kappa shape index (κ1) is 17.9. The average molecular weight is 343 g/mol. The van der Waals surface area contributed by atoms with Crippen LogP contribution < -0.4 is 10.6 Å². The van der Waals surface area contributed by atoms with Crippen LogP contribution in [0.3, 0.4) is 0 Å². The van der Waals surface area contributed by atoms with E-state index in [1.165, 1.54) is 5.56 Å². The molecule has 0 bridgehead atoms. The molecule has 2 aliphatic rings. The number of anilines is 1. The molecule has 5 heteroatoms. The summed E-state index contributed by atoms with van der Waals surface area (Å²) in [5, 5.41) is 0. The Morgan fingerprint density at radius 3 is 2.64 bits per heavy atom. The van der Waals surface area contributed by atoms with Gasteiger partial charge in [-0.2, -0.15) is 0 Å². The molecule has 0 radical (unpaired) electrons. The molecule has 1 aromatic rings. The third-order valence-corrected chi connectivity index (χ3v) is 5.70. The van der Waals surface area contributed by atoms with Crippen molar-refractivity contribution in [1.82, 2.24) is 4.90 Å². The maximum atomic E-state index is 12.8. The summed E-state index contributed by atoms with van der Waals surface area (Å²) in [5.74, 6) is 0.334. The van der Waals surface area contributed by atoms with Gasteiger partial charge in [-0.15, -0.1) is 0 Å². The number of hydrogen-bond acceptors (Lipinski definition) is 3. The van der Waals surface area contributed by atoms with Crippen molar-refractivity contribution < 1.29 is 9.59 Å². The van der Waals surface area contributed by atoms with Gasteiger partial charge in [0.2, 0.25) is 11.8 Å². The highest BCUT2D eigenvalue weighted by Crippen LogP contribution is 2.34. The van der Waals surface area contributed by atoms with Crippen molar-refractivity contribution in [3.63, 3.8) is 0 Å². The van der Waals surface area contributed by atoms with Gasteiger partial charge in [0.15, 0.2) is 0 Å². The predicted molar refractivity (Wildman–Crippen MR) is 99.4 cm³/mol. The number of para-hydroxylation sites is 1. The van der Waals surface area contributed by atoms with E-state index in [1.54, 1.807) is 0 Å². The van der Waals surface area contributed by atoms with Crippen molar-refractivity contribution in [1.29, 1.82) is 0 Å². The molecule has 0 saturated carbocycles. The van der Waals surface area contributed by atoms with Gasteiger partial charge >= 0.3 is 0 Å². The van der Waals surface area contributed by atoms with Crippen LogP contribution in [0.25, 0.3) is 0 Å². The Morgan fingerprint density at radius 2 is 1.96 bits per heavy atom. The van der Waals surface area contributed by atoms with Gasteiger partial charge in [0.05, 0.1) is 5.92 Å². The summed E-state index contributed by atoms with van der Waals surface area (Å²) < 4.78 is 0. The molecule has 2 amide bonds. The molecule has 2 fully saturated rings. The number of carbonyl (C=O) groups is 2. The van der Waals surface area contributed by atoms with Crippen LogP contribution in [0.4, 0.5) is 5.69 Å². The molecule has 0 spiro atoms. The average Bonchev–Trinajstić information content (AvgIpc) is 3.02. The van der Waals surface area contributed by atoms with Crippen LogP contribution in [0.15, 0.2) is 24.3 Å². The number of amides is 2.